The molecule has 4 nitrogen and oxygen atoms in total. The van der Waals surface area contributed by atoms with Crippen molar-refractivity contribution < 1.29 is 108 Å². The van der Waals surface area contributed by atoms with E-state index in [1.165, 1.54) is 0 Å². The molecule has 0 aliphatic carbocycles. The Hall–Kier alpha value is 2.93. The summed E-state index contributed by atoms with van der Waals surface area (Å²) in [7, 11) is -3.63. The summed E-state index contributed by atoms with van der Waals surface area (Å²) in [6.07, 6.45) is 0. The van der Waals surface area contributed by atoms with Crippen LogP contribution in [0, 0.1) is 0 Å². The second kappa shape index (κ2) is 30.7. The fraction of sp³-hybridized carbons (Fsp3) is 0. The minimum atomic E-state index is -3.63. The van der Waals surface area contributed by atoms with Gasteiger partial charge < -0.3 is 19.5 Å². The van der Waals surface area contributed by atoms with Gasteiger partial charge in [-0.25, -0.2) is 0 Å². The quantitative estimate of drug-likeness (QED) is 0.359. The molecule has 9 heavy (non-hydrogen) atoms. The molecule has 0 aromatic carbocycles. The summed E-state index contributed by atoms with van der Waals surface area (Å²) in [5.74, 6) is 0. The van der Waals surface area contributed by atoms with Gasteiger partial charge in [0.25, 0.3) is 0 Å². The molecule has 0 aliphatic rings. The van der Waals surface area contributed by atoms with Gasteiger partial charge in [-0.3, -0.25) is 0 Å². The Morgan fingerprint density at radius 3 is 1.00 bits per heavy atom. The first-order valence-electron chi connectivity index (χ1n) is 0.612. The first-order chi connectivity index (χ1) is 1.73. The molecule has 40 valence electrons. The van der Waals surface area contributed by atoms with E-state index in [-0.39, 0.29) is 108 Å². The average Bonchev–Trinajstić information content (AvgIpc) is 0.811. The Bertz CT molecular complexity index is 38.8. The summed E-state index contributed by atoms with van der Waals surface area (Å²) < 4.78 is 8.52. The van der Waals surface area contributed by atoms with E-state index in [0.29, 0.717) is 0 Å². The molecule has 0 fully saturated rings. The molecule has 0 aliphatic heterocycles. The fourth-order valence-electron chi connectivity index (χ4n) is 0. The molecule has 0 saturated heterocycles. The third kappa shape index (κ3) is 102. The Morgan fingerprint density at radius 1 is 1.00 bits per heavy atom. The topological polar surface area (TPSA) is 93.2 Å². The summed E-state index contributed by atoms with van der Waals surface area (Å²) in [4.78, 5) is 17.0. The Balaban J connectivity index is -0.00000000450. The third-order valence-electron chi connectivity index (χ3n) is 0. The minimum absolute atomic E-state index is 0. The van der Waals surface area contributed by atoms with Crippen LogP contribution in [-0.4, -0.2) is 14.6 Å². The Kier molecular flexibility index (Phi) is 138. The first-order valence-corrected chi connectivity index (χ1v) is 1.84. The summed E-state index contributed by atoms with van der Waals surface area (Å²) in [6, 6.07) is 0. The molecular weight excluding hydrogens is 193 g/mol. The second-order valence-electron chi connectivity index (χ2n) is 0.250. The van der Waals surface area contributed by atoms with Crippen LogP contribution in [-0.2, 0) is 4.46 Å². The van der Waals surface area contributed by atoms with E-state index in [1.807, 2.05) is 0 Å². The van der Waals surface area contributed by atoms with Gasteiger partial charge in [-0.15, -0.1) is 0 Å². The maximum absolute atomic E-state index is 8.52. The Morgan fingerprint density at radius 2 is 1.00 bits per heavy atom. The van der Waals surface area contributed by atoms with E-state index in [4.69, 9.17) is 14.1 Å². The fourth-order valence-corrected chi connectivity index (χ4v) is 0. The predicted molar refractivity (Wildman–Crippen MR) is 18.8 cm³/mol. The van der Waals surface area contributed by atoms with Crippen molar-refractivity contribution in [1.29, 1.82) is 0 Å². The van der Waals surface area contributed by atoms with E-state index >= 15 is 0 Å². The van der Waals surface area contributed by atoms with Gasteiger partial charge in [-0.05, 0) is 0 Å². The first kappa shape index (κ1) is 40.5. The van der Waals surface area contributed by atoms with Crippen LogP contribution >= 0.6 is 13.5 Å². The van der Waals surface area contributed by atoms with Crippen LogP contribution in [0.1, 0.15) is 0 Å². The summed E-state index contributed by atoms with van der Waals surface area (Å²) in [5, 5.41) is 0. The van der Waals surface area contributed by atoms with Gasteiger partial charge in [0.15, 0.2) is 0 Å². The standard InChI is InChI=1S/3Na.O3Si.H2O.H2S/c;;;1-4(2)3;;/h;;;;2*1H2/q3*+1;-2;;/p-1. The molecule has 0 bridgehead atoms. The molecule has 9 heteroatoms. The van der Waals surface area contributed by atoms with Gasteiger partial charge in [0.2, 0.25) is 0 Å². The molecule has 0 aromatic rings. The van der Waals surface area contributed by atoms with Crippen molar-refractivity contribution in [3.8, 4) is 0 Å². The van der Waals surface area contributed by atoms with Crippen LogP contribution < -0.4 is 98.3 Å². The van der Waals surface area contributed by atoms with Crippen molar-refractivity contribution >= 4 is 22.7 Å². The van der Waals surface area contributed by atoms with Gasteiger partial charge in [0.05, 0.1) is 0 Å². The molecule has 0 amide bonds. The summed E-state index contributed by atoms with van der Waals surface area (Å²) in [5.41, 5.74) is 0. The number of hydrogen-bond donors (Lipinski definition) is 0. The van der Waals surface area contributed by atoms with Gasteiger partial charge >= 0.3 is 88.7 Å². The van der Waals surface area contributed by atoms with E-state index in [1.54, 1.807) is 0 Å². The van der Waals surface area contributed by atoms with Crippen molar-refractivity contribution in [3.05, 3.63) is 0 Å². The molecule has 0 atom stereocenters. The van der Waals surface area contributed by atoms with Crippen LogP contribution in [0.15, 0.2) is 0 Å². The van der Waals surface area contributed by atoms with Gasteiger partial charge in [0.1, 0.15) is 0 Å². The number of hydrogen-bond acceptors (Lipinski definition) is 4. The molecule has 0 unspecified atom stereocenters. The molecule has 0 aromatic heterocycles. The van der Waals surface area contributed by atoms with E-state index < -0.39 is 9.17 Å². The predicted octanol–water partition coefficient (Wildman–Crippen LogP) is -11.9. The number of rotatable bonds is 0. The summed E-state index contributed by atoms with van der Waals surface area (Å²) >= 11 is 0. The van der Waals surface area contributed by atoms with Crippen molar-refractivity contribution in [3.63, 3.8) is 0 Å². The van der Waals surface area contributed by atoms with Gasteiger partial charge in [-0.2, -0.15) is 13.5 Å². The normalized spacial score (nSPS) is 2.67. The van der Waals surface area contributed by atoms with Crippen LogP contribution in [0.3, 0.4) is 0 Å². The molecular formula is H3Na3O4SSi. The van der Waals surface area contributed by atoms with Gasteiger partial charge in [0, 0.05) is 9.17 Å². The second-order valence-corrected chi connectivity index (χ2v) is 0.750. The average molecular weight is 196 g/mol. The Labute approximate surface area is 128 Å². The van der Waals surface area contributed by atoms with Gasteiger partial charge in [-0.1, -0.05) is 0 Å². The van der Waals surface area contributed by atoms with E-state index in [2.05, 4.69) is 0 Å². The molecule has 0 heterocycles. The van der Waals surface area contributed by atoms with Crippen LogP contribution in [0.5, 0.6) is 0 Å². The largest absolute Gasteiger partial charge is 1.00 e. The zero-order valence-corrected chi connectivity index (χ0v) is 13.7. The van der Waals surface area contributed by atoms with Crippen molar-refractivity contribution in [2.75, 3.05) is 0 Å². The molecule has 0 saturated carbocycles. The van der Waals surface area contributed by atoms with E-state index in [9.17, 15) is 0 Å². The maximum Gasteiger partial charge on any atom is 1.00 e. The smallest absolute Gasteiger partial charge is 0.870 e. The summed E-state index contributed by atoms with van der Waals surface area (Å²) in [6.45, 7) is 0. The molecule has 0 rings (SSSR count). The van der Waals surface area contributed by atoms with Crippen LogP contribution in [0.25, 0.3) is 0 Å². The van der Waals surface area contributed by atoms with Crippen molar-refractivity contribution in [2.45, 2.75) is 0 Å². The van der Waals surface area contributed by atoms with Crippen molar-refractivity contribution in [2.24, 2.45) is 0 Å². The maximum atomic E-state index is 8.52. The van der Waals surface area contributed by atoms with Crippen LogP contribution in [0.2, 0.25) is 0 Å². The third-order valence-corrected chi connectivity index (χ3v) is 0. The van der Waals surface area contributed by atoms with E-state index in [0.717, 1.165) is 0 Å². The monoisotopic (exact) mass is 196 g/mol. The molecule has 0 radical (unpaired) electrons. The van der Waals surface area contributed by atoms with Crippen LogP contribution in [0.4, 0.5) is 0 Å². The molecule has 1 N–H and O–H groups in total. The van der Waals surface area contributed by atoms with Crippen molar-refractivity contribution in [1.82, 2.24) is 0 Å². The zero-order chi connectivity index (χ0) is 3.58. The molecule has 0 spiro atoms. The zero-order valence-electron chi connectivity index (χ0n) is 5.67. The minimum Gasteiger partial charge on any atom is -0.870 e. The SMILES string of the molecule is O=[Si]([O-])[O-].S.[Na+].[Na+].[Na+].[OH-].